The Labute approximate surface area is 178 Å². The molecule has 1 atom stereocenters. The van der Waals surface area contributed by atoms with Crippen LogP contribution in [0.15, 0.2) is 30.3 Å². The van der Waals surface area contributed by atoms with Gasteiger partial charge < -0.3 is 14.5 Å². The van der Waals surface area contributed by atoms with Gasteiger partial charge in [0, 0.05) is 36.6 Å². The number of thiazole rings is 1. The number of carbonyl (C=O) groups is 3. The first-order chi connectivity index (χ1) is 14.6. The van der Waals surface area contributed by atoms with Gasteiger partial charge in [0.15, 0.2) is 5.13 Å². The molecule has 1 aliphatic carbocycles. The molecule has 0 bridgehead atoms. The number of ether oxygens (including phenoxy) is 1. The molecule has 1 saturated heterocycles. The van der Waals surface area contributed by atoms with Crippen molar-refractivity contribution >= 4 is 34.4 Å². The second-order valence-corrected chi connectivity index (χ2v) is 8.33. The minimum Gasteiger partial charge on any atom is -0.450 e. The molecule has 8 nitrogen and oxygen atoms in total. The van der Waals surface area contributed by atoms with Gasteiger partial charge in [0.1, 0.15) is 0 Å². The Morgan fingerprint density at radius 2 is 1.83 bits per heavy atom. The fraction of sp³-hybridized carbons (Fsp3) is 0.429. The molecule has 3 amide bonds. The predicted octanol–water partition coefficient (Wildman–Crippen LogP) is 2.73. The van der Waals surface area contributed by atoms with E-state index in [0.717, 1.165) is 23.4 Å². The summed E-state index contributed by atoms with van der Waals surface area (Å²) in [4.78, 5) is 46.4. The molecule has 2 heterocycles. The zero-order chi connectivity index (χ0) is 21.1. The third-order valence-electron chi connectivity index (χ3n) is 5.39. The number of hydrogen-bond acceptors (Lipinski definition) is 6. The van der Waals surface area contributed by atoms with Crippen LogP contribution in [0.25, 0.3) is 0 Å². The van der Waals surface area contributed by atoms with Crippen molar-refractivity contribution in [2.45, 2.75) is 25.7 Å². The van der Waals surface area contributed by atoms with Gasteiger partial charge in [-0.15, -0.1) is 11.3 Å². The van der Waals surface area contributed by atoms with Crippen LogP contribution in [0.4, 0.5) is 9.93 Å². The summed E-state index contributed by atoms with van der Waals surface area (Å²) >= 11 is 1.44. The SMILES string of the molecule is CCOC(=O)N1CCN(C(=O)C2CCc3sc(NC(=O)c4ccccc4)nc32)CC1. The minimum atomic E-state index is -0.328. The number of benzene rings is 1. The van der Waals surface area contributed by atoms with Crippen LogP contribution in [0.5, 0.6) is 0 Å². The van der Waals surface area contributed by atoms with Gasteiger partial charge in [0.25, 0.3) is 5.91 Å². The van der Waals surface area contributed by atoms with Gasteiger partial charge in [-0.25, -0.2) is 9.78 Å². The average molecular weight is 429 g/mol. The molecule has 4 rings (SSSR count). The first-order valence-corrected chi connectivity index (χ1v) is 10.9. The molecule has 1 unspecified atom stereocenters. The maximum Gasteiger partial charge on any atom is 0.409 e. The van der Waals surface area contributed by atoms with Gasteiger partial charge in [0.2, 0.25) is 5.91 Å². The molecular weight excluding hydrogens is 404 g/mol. The zero-order valence-electron chi connectivity index (χ0n) is 16.8. The Morgan fingerprint density at radius 3 is 2.53 bits per heavy atom. The number of aromatic nitrogens is 1. The number of piperazine rings is 1. The zero-order valence-corrected chi connectivity index (χ0v) is 17.6. The summed E-state index contributed by atoms with van der Waals surface area (Å²) in [5.41, 5.74) is 1.35. The van der Waals surface area contributed by atoms with Crippen molar-refractivity contribution in [1.82, 2.24) is 14.8 Å². The van der Waals surface area contributed by atoms with Gasteiger partial charge in [0.05, 0.1) is 18.2 Å². The Kier molecular flexibility index (Phi) is 5.98. The lowest BCUT2D eigenvalue weighted by Gasteiger charge is -2.35. The summed E-state index contributed by atoms with van der Waals surface area (Å²) < 4.78 is 5.03. The van der Waals surface area contributed by atoms with E-state index in [2.05, 4.69) is 10.3 Å². The third kappa shape index (κ3) is 4.16. The van der Waals surface area contributed by atoms with E-state index in [0.29, 0.717) is 43.5 Å². The van der Waals surface area contributed by atoms with Gasteiger partial charge in [-0.1, -0.05) is 18.2 Å². The van der Waals surface area contributed by atoms with E-state index in [-0.39, 0.29) is 23.8 Å². The van der Waals surface area contributed by atoms with Crippen LogP contribution in [0, 0.1) is 0 Å². The molecule has 2 aromatic rings. The average Bonchev–Trinajstić information content (AvgIpc) is 3.34. The Hall–Kier alpha value is -2.94. The largest absolute Gasteiger partial charge is 0.450 e. The van der Waals surface area contributed by atoms with Crippen LogP contribution in [0.1, 0.15) is 40.2 Å². The summed E-state index contributed by atoms with van der Waals surface area (Å²) in [6.45, 7) is 4.05. The maximum absolute atomic E-state index is 13.1. The first kappa shape index (κ1) is 20.3. The van der Waals surface area contributed by atoms with Crippen molar-refractivity contribution in [2.24, 2.45) is 0 Å². The van der Waals surface area contributed by atoms with Crippen molar-refractivity contribution in [1.29, 1.82) is 0 Å². The molecule has 1 aromatic carbocycles. The molecule has 158 valence electrons. The van der Waals surface area contributed by atoms with E-state index in [1.807, 2.05) is 18.2 Å². The lowest BCUT2D eigenvalue weighted by Crippen LogP contribution is -2.51. The first-order valence-electron chi connectivity index (χ1n) is 10.1. The minimum absolute atomic E-state index is 0.0449. The molecule has 1 fully saturated rings. The van der Waals surface area contributed by atoms with E-state index < -0.39 is 0 Å². The van der Waals surface area contributed by atoms with Gasteiger partial charge >= 0.3 is 6.09 Å². The van der Waals surface area contributed by atoms with Crippen molar-refractivity contribution in [3.63, 3.8) is 0 Å². The number of anilines is 1. The molecule has 1 aromatic heterocycles. The summed E-state index contributed by atoms with van der Waals surface area (Å²) in [5.74, 6) is -0.447. The van der Waals surface area contributed by atoms with Crippen molar-refractivity contribution in [3.05, 3.63) is 46.5 Å². The van der Waals surface area contributed by atoms with Crippen LogP contribution in [-0.4, -0.2) is 65.5 Å². The Bertz CT molecular complexity index is 938. The molecule has 0 spiro atoms. The van der Waals surface area contributed by atoms with Crippen LogP contribution < -0.4 is 5.32 Å². The fourth-order valence-corrected chi connectivity index (χ4v) is 4.86. The highest BCUT2D eigenvalue weighted by Crippen LogP contribution is 2.39. The summed E-state index contributed by atoms with van der Waals surface area (Å²) in [7, 11) is 0. The molecular formula is C21H24N4O4S. The quantitative estimate of drug-likeness (QED) is 0.809. The molecule has 0 saturated carbocycles. The fourth-order valence-electron chi connectivity index (χ4n) is 3.82. The molecule has 1 N–H and O–H groups in total. The molecule has 0 radical (unpaired) electrons. The highest BCUT2D eigenvalue weighted by molar-refractivity contribution is 7.16. The van der Waals surface area contributed by atoms with Crippen LogP contribution in [0.2, 0.25) is 0 Å². The van der Waals surface area contributed by atoms with Crippen LogP contribution in [0.3, 0.4) is 0 Å². The maximum atomic E-state index is 13.1. The van der Waals surface area contributed by atoms with Crippen molar-refractivity contribution < 1.29 is 19.1 Å². The van der Waals surface area contributed by atoms with Crippen molar-refractivity contribution in [2.75, 3.05) is 38.1 Å². The van der Waals surface area contributed by atoms with E-state index in [4.69, 9.17) is 4.74 Å². The normalized spacial score (nSPS) is 18.1. The van der Waals surface area contributed by atoms with E-state index in [9.17, 15) is 14.4 Å². The number of carbonyl (C=O) groups excluding carboxylic acids is 3. The molecule has 1 aliphatic heterocycles. The third-order valence-corrected chi connectivity index (χ3v) is 6.44. The van der Waals surface area contributed by atoms with E-state index in [1.54, 1.807) is 28.9 Å². The van der Waals surface area contributed by atoms with Gasteiger partial charge in [-0.05, 0) is 31.9 Å². The van der Waals surface area contributed by atoms with Gasteiger partial charge in [-0.2, -0.15) is 0 Å². The number of nitrogens with zero attached hydrogens (tertiary/aromatic N) is 3. The summed E-state index contributed by atoms with van der Waals surface area (Å²) in [5, 5.41) is 3.37. The van der Waals surface area contributed by atoms with E-state index >= 15 is 0 Å². The summed E-state index contributed by atoms with van der Waals surface area (Å²) in [6, 6.07) is 8.98. The lowest BCUT2D eigenvalue weighted by molar-refractivity contribution is -0.134. The second-order valence-electron chi connectivity index (χ2n) is 7.25. The topological polar surface area (TPSA) is 91.8 Å². The monoisotopic (exact) mass is 428 g/mol. The summed E-state index contributed by atoms with van der Waals surface area (Å²) in [6.07, 6.45) is 1.19. The number of nitrogens with one attached hydrogen (secondary N) is 1. The smallest absolute Gasteiger partial charge is 0.409 e. The predicted molar refractivity (Wildman–Crippen MR) is 113 cm³/mol. The second kappa shape index (κ2) is 8.83. The highest BCUT2D eigenvalue weighted by Gasteiger charge is 2.36. The number of fused-ring (bicyclic) bond motifs is 1. The number of hydrogen-bond donors (Lipinski definition) is 1. The highest BCUT2D eigenvalue weighted by atomic mass is 32.1. The Balaban J connectivity index is 1.38. The van der Waals surface area contributed by atoms with Gasteiger partial charge in [-0.3, -0.25) is 14.9 Å². The molecule has 9 heteroatoms. The molecule has 30 heavy (non-hydrogen) atoms. The number of amides is 3. The standard InChI is InChI=1S/C21H24N4O4S/c1-2-29-21(28)25-12-10-24(11-13-25)19(27)15-8-9-16-17(15)22-20(30-16)23-18(26)14-6-4-3-5-7-14/h3-7,15H,2,8-13H2,1H3,(H,22,23,26). The van der Waals surface area contributed by atoms with E-state index in [1.165, 1.54) is 11.3 Å². The van der Waals surface area contributed by atoms with Crippen LogP contribution in [-0.2, 0) is 16.0 Å². The Morgan fingerprint density at radius 1 is 1.13 bits per heavy atom. The molecule has 2 aliphatic rings. The van der Waals surface area contributed by atoms with Crippen molar-refractivity contribution in [3.8, 4) is 0 Å². The van der Waals surface area contributed by atoms with Crippen LogP contribution >= 0.6 is 11.3 Å². The number of aryl methyl sites for hydroxylation is 1. The number of rotatable bonds is 4. The lowest BCUT2D eigenvalue weighted by atomic mass is 10.1.